The van der Waals surface area contributed by atoms with Crippen molar-refractivity contribution >= 4 is 5.97 Å². The van der Waals surface area contributed by atoms with E-state index in [2.05, 4.69) is 25.1 Å². The number of benzene rings is 1. The molecule has 0 fully saturated rings. The van der Waals surface area contributed by atoms with E-state index in [1.165, 1.54) is 16.7 Å². The standard InChI is InChI=1S/C13H16O3/c1-9(2-5-13(14)15)10-3-4-11-7-16-8-12(11)6-10/h3-4,6,9H,2,5,7-8H2,1H3,(H,14,15). The molecule has 0 saturated heterocycles. The van der Waals surface area contributed by atoms with Crippen LogP contribution < -0.4 is 0 Å². The summed E-state index contributed by atoms with van der Waals surface area (Å²) in [6.45, 7) is 3.47. The van der Waals surface area contributed by atoms with E-state index < -0.39 is 5.97 Å². The highest BCUT2D eigenvalue weighted by molar-refractivity contribution is 5.66. The first kappa shape index (κ1) is 11.1. The van der Waals surface area contributed by atoms with E-state index in [4.69, 9.17) is 9.84 Å². The van der Waals surface area contributed by atoms with Crippen LogP contribution in [0, 0.1) is 0 Å². The van der Waals surface area contributed by atoms with Crippen molar-refractivity contribution < 1.29 is 14.6 Å². The van der Waals surface area contributed by atoms with Gasteiger partial charge < -0.3 is 9.84 Å². The Kier molecular flexibility index (Phi) is 3.25. The second kappa shape index (κ2) is 4.66. The highest BCUT2D eigenvalue weighted by Gasteiger charge is 2.14. The van der Waals surface area contributed by atoms with Crippen LogP contribution in [0.2, 0.25) is 0 Å². The molecule has 0 saturated carbocycles. The van der Waals surface area contributed by atoms with Crippen LogP contribution in [0.3, 0.4) is 0 Å². The van der Waals surface area contributed by atoms with Crippen LogP contribution in [0.1, 0.15) is 42.4 Å². The van der Waals surface area contributed by atoms with Crippen molar-refractivity contribution in [3.8, 4) is 0 Å². The van der Waals surface area contributed by atoms with Crippen molar-refractivity contribution in [1.29, 1.82) is 0 Å². The Morgan fingerprint density at radius 1 is 1.44 bits per heavy atom. The number of carboxylic acids is 1. The lowest BCUT2D eigenvalue weighted by molar-refractivity contribution is -0.137. The normalized spacial score (nSPS) is 15.8. The summed E-state index contributed by atoms with van der Waals surface area (Å²) in [5.41, 5.74) is 3.72. The average Bonchev–Trinajstić information content (AvgIpc) is 2.72. The summed E-state index contributed by atoms with van der Waals surface area (Å²) in [6, 6.07) is 6.32. The summed E-state index contributed by atoms with van der Waals surface area (Å²) >= 11 is 0. The van der Waals surface area contributed by atoms with Gasteiger partial charge >= 0.3 is 5.97 Å². The molecule has 1 unspecified atom stereocenters. The van der Waals surface area contributed by atoms with E-state index in [1.54, 1.807) is 0 Å². The number of hydrogen-bond donors (Lipinski definition) is 1. The van der Waals surface area contributed by atoms with E-state index in [1.807, 2.05) is 0 Å². The van der Waals surface area contributed by atoms with E-state index >= 15 is 0 Å². The molecule has 1 aliphatic heterocycles. The maximum atomic E-state index is 10.5. The molecule has 1 aromatic rings. The number of hydrogen-bond acceptors (Lipinski definition) is 2. The first-order chi connectivity index (χ1) is 7.66. The topological polar surface area (TPSA) is 46.5 Å². The van der Waals surface area contributed by atoms with Crippen LogP contribution >= 0.6 is 0 Å². The van der Waals surface area contributed by atoms with Gasteiger partial charge in [0.1, 0.15) is 0 Å². The fourth-order valence-electron chi connectivity index (χ4n) is 2.01. The zero-order valence-corrected chi connectivity index (χ0v) is 9.40. The third-order valence-corrected chi connectivity index (χ3v) is 3.11. The highest BCUT2D eigenvalue weighted by Crippen LogP contribution is 2.26. The van der Waals surface area contributed by atoms with Crippen molar-refractivity contribution in [3.05, 3.63) is 34.9 Å². The van der Waals surface area contributed by atoms with Gasteiger partial charge in [0.2, 0.25) is 0 Å². The van der Waals surface area contributed by atoms with Gasteiger partial charge in [-0.05, 0) is 29.0 Å². The van der Waals surface area contributed by atoms with Gasteiger partial charge in [0.25, 0.3) is 0 Å². The number of ether oxygens (including phenoxy) is 1. The molecule has 1 aliphatic rings. The Morgan fingerprint density at radius 3 is 2.94 bits per heavy atom. The van der Waals surface area contributed by atoms with Gasteiger partial charge in [-0.2, -0.15) is 0 Å². The lowest BCUT2D eigenvalue weighted by atomic mass is 9.93. The van der Waals surface area contributed by atoms with Gasteiger partial charge in [0.15, 0.2) is 0 Å². The van der Waals surface area contributed by atoms with Crippen LogP contribution in [0.5, 0.6) is 0 Å². The Hall–Kier alpha value is -1.35. The Labute approximate surface area is 95.0 Å². The van der Waals surface area contributed by atoms with Crippen molar-refractivity contribution in [1.82, 2.24) is 0 Å². The highest BCUT2D eigenvalue weighted by atomic mass is 16.5. The van der Waals surface area contributed by atoms with E-state index in [0.717, 1.165) is 0 Å². The van der Waals surface area contributed by atoms with Crippen LogP contribution in [-0.2, 0) is 22.7 Å². The fourth-order valence-corrected chi connectivity index (χ4v) is 2.01. The first-order valence-corrected chi connectivity index (χ1v) is 5.58. The molecule has 0 bridgehead atoms. The summed E-state index contributed by atoms with van der Waals surface area (Å²) in [4.78, 5) is 10.5. The third kappa shape index (κ3) is 2.42. The van der Waals surface area contributed by atoms with Crippen molar-refractivity contribution in [2.75, 3.05) is 0 Å². The van der Waals surface area contributed by atoms with E-state index in [0.29, 0.717) is 25.6 Å². The number of carboxylic acid groups (broad SMARTS) is 1. The van der Waals surface area contributed by atoms with Crippen molar-refractivity contribution in [2.45, 2.75) is 38.9 Å². The zero-order valence-electron chi connectivity index (χ0n) is 9.40. The molecule has 86 valence electrons. The Bertz CT molecular complexity index is 398. The summed E-state index contributed by atoms with van der Waals surface area (Å²) in [6.07, 6.45) is 0.920. The Balaban J connectivity index is 2.06. The van der Waals surface area contributed by atoms with E-state index in [-0.39, 0.29) is 6.42 Å². The third-order valence-electron chi connectivity index (χ3n) is 3.11. The van der Waals surface area contributed by atoms with E-state index in [9.17, 15) is 4.79 Å². The molecule has 2 rings (SSSR count). The molecule has 0 aromatic heterocycles. The molecule has 0 radical (unpaired) electrons. The molecular weight excluding hydrogens is 204 g/mol. The smallest absolute Gasteiger partial charge is 0.303 e. The zero-order chi connectivity index (χ0) is 11.5. The molecule has 0 amide bonds. The lowest BCUT2D eigenvalue weighted by Gasteiger charge is -2.11. The largest absolute Gasteiger partial charge is 0.481 e. The molecule has 0 aliphatic carbocycles. The number of carbonyl (C=O) groups is 1. The van der Waals surface area contributed by atoms with Gasteiger partial charge in [-0.3, -0.25) is 4.79 Å². The first-order valence-electron chi connectivity index (χ1n) is 5.58. The molecule has 3 nitrogen and oxygen atoms in total. The minimum Gasteiger partial charge on any atom is -0.481 e. The van der Waals surface area contributed by atoms with Gasteiger partial charge in [-0.25, -0.2) is 0 Å². The predicted molar refractivity (Wildman–Crippen MR) is 60.2 cm³/mol. The second-order valence-corrected chi connectivity index (χ2v) is 4.35. The quantitative estimate of drug-likeness (QED) is 0.848. The molecule has 3 heteroatoms. The van der Waals surface area contributed by atoms with Gasteiger partial charge in [0, 0.05) is 6.42 Å². The number of aliphatic carboxylic acids is 1. The SMILES string of the molecule is CC(CCC(=O)O)c1ccc2c(c1)COC2. The fraction of sp³-hybridized carbons (Fsp3) is 0.462. The maximum absolute atomic E-state index is 10.5. The van der Waals surface area contributed by atoms with Crippen molar-refractivity contribution in [3.63, 3.8) is 0 Å². The molecule has 0 spiro atoms. The summed E-state index contributed by atoms with van der Waals surface area (Å²) in [5, 5.41) is 8.64. The van der Waals surface area contributed by atoms with Crippen molar-refractivity contribution in [2.24, 2.45) is 0 Å². The summed E-state index contributed by atoms with van der Waals surface area (Å²) in [5.74, 6) is -0.432. The lowest BCUT2D eigenvalue weighted by Crippen LogP contribution is -2.00. The molecule has 1 aromatic carbocycles. The maximum Gasteiger partial charge on any atom is 0.303 e. The number of rotatable bonds is 4. The minimum atomic E-state index is -0.726. The minimum absolute atomic E-state index is 0.231. The molecular formula is C13H16O3. The van der Waals surface area contributed by atoms with Gasteiger partial charge in [-0.1, -0.05) is 25.1 Å². The van der Waals surface area contributed by atoms with Crippen LogP contribution in [0.4, 0.5) is 0 Å². The van der Waals surface area contributed by atoms with Crippen LogP contribution in [-0.4, -0.2) is 11.1 Å². The second-order valence-electron chi connectivity index (χ2n) is 4.35. The monoisotopic (exact) mass is 220 g/mol. The average molecular weight is 220 g/mol. The molecule has 16 heavy (non-hydrogen) atoms. The summed E-state index contributed by atoms with van der Waals surface area (Å²) < 4.78 is 5.35. The van der Waals surface area contributed by atoms with Gasteiger partial charge in [0.05, 0.1) is 13.2 Å². The van der Waals surface area contributed by atoms with Crippen LogP contribution in [0.15, 0.2) is 18.2 Å². The molecule has 1 N–H and O–H groups in total. The predicted octanol–water partition coefficient (Wildman–Crippen LogP) is 2.69. The number of fused-ring (bicyclic) bond motifs is 1. The molecule has 1 heterocycles. The van der Waals surface area contributed by atoms with Gasteiger partial charge in [-0.15, -0.1) is 0 Å². The summed E-state index contributed by atoms with van der Waals surface area (Å²) in [7, 11) is 0. The van der Waals surface area contributed by atoms with Crippen LogP contribution in [0.25, 0.3) is 0 Å². The molecule has 1 atom stereocenters. The Morgan fingerprint density at radius 2 is 2.19 bits per heavy atom.